The fraction of sp³-hybridized carbons (Fsp3) is 0.200. The van der Waals surface area contributed by atoms with E-state index in [4.69, 9.17) is 9.47 Å². The molecule has 0 atom stereocenters. The molecule has 3 rings (SSSR count). The van der Waals surface area contributed by atoms with Gasteiger partial charge in [-0.2, -0.15) is 4.98 Å². The summed E-state index contributed by atoms with van der Waals surface area (Å²) in [5.41, 5.74) is 0.235. The van der Waals surface area contributed by atoms with Gasteiger partial charge in [0.2, 0.25) is 11.7 Å². The van der Waals surface area contributed by atoms with E-state index in [0.29, 0.717) is 5.56 Å². The van der Waals surface area contributed by atoms with Crippen molar-refractivity contribution in [1.82, 2.24) is 9.55 Å². The number of nitrogens with one attached hydrogen (secondary N) is 1. The Bertz CT molecular complexity index is 1140. The first-order valence-corrected chi connectivity index (χ1v) is 8.63. The molecule has 0 saturated carbocycles. The highest BCUT2D eigenvalue weighted by molar-refractivity contribution is 5.60. The van der Waals surface area contributed by atoms with Gasteiger partial charge in [0, 0.05) is 11.8 Å². The van der Waals surface area contributed by atoms with Crippen LogP contribution in [0.1, 0.15) is 11.1 Å². The number of nitrogens with zero attached hydrogens (tertiary/aromatic N) is 2. The third-order valence-electron chi connectivity index (χ3n) is 4.33. The zero-order chi connectivity index (χ0) is 22.0. The van der Waals surface area contributed by atoms with Gasteiger partial charge < -0.3 is 19.4 Å². The summed E-state index contributed by atoms with van der Waals surface area (Å²) < 4.78 is 65.7. The molecule has 158 valence electrons. The van der Waals surface area contributed by atoms with Crippen LogP contribution in [0.5, 0.6) is 11.5 Å². The maximum atomic E-state index is 14.1. The summed E-state index contributed by atoms with van der Waals surface area (Å²) in [6, 6.07) is 4.26. The third kappa shape index (κ3) is 4.22. The molecule has 1 heterocycles. The van der Waals surface area contributed by atoms with Crippen LogP contribution in [-0.4, -0.2) is 23.8 Å². The van der Waals surface area contributed by atoms with Crippen LogP contribution >= 0.6 is 0 Å². The number of anilines is 2. The summed E-state index contributed by atoms with van der Waals surface area (Å²) in [5.74, 6) is -5.06. The maximum absolute atomic E-state index is 14.1. The summed E-state index contributed by atoms with van der Waals surface area (Å²) in [7, 11) is 2.59. The lowest BCUT2D eigenvalue weighted by Gasteiger charge is -2.17. The number of hydrogen-bond donors (Lipinski definition) is 1. The Morgan fingerprint density at radius 1 is 0.967 bits per heavy atom. The first-order chi connectivity index (χ1) is 14.2. The number of aromatic nitrogens is 2. The third-order valence-corrected chi connectivity index (χ3v) is 4.33. The average molecular weight is 423 g/mol. The van der Waals surface area contributed by atoms with Gasteiger partial charge >= 0.3 is 5.56 Å². The smallest absolute Gasteiger partial charge is 0.316 e. The predicted octanol–water partition coefficient (Wildman–Crippen LogP) is 3.92. The molecular weight excluding hydrogens is 406 g/mol. The molecule has 0 spiro atoms. The van der Waals surface area contributed by atoms with E-state index in [1.165, 1.54) is 31.0 Å². The zero-order valence-corrected chi connectivity index (χ0v) is 16.2. The summed E-state index contributed by atoms with van der Waals surface area (Å²) in [6.07, 6.45) is 1.27. The minimum atomic E-state index is -1.59. The average Bonchev–Trinajstić information content (AvgIpc) is 2.70. The Hall–Kier alpha value is -3.56. The fourth-order valence-electron chi connectivity index (χ4n) is 2.80. The molecule has 0 aliphatic heterocycles. The number of aryl methyl sites for hydroxylation is 1. The molecule has 0 radical (unpaired) electrons. The molecule has 3 aromatic rings. The first-order valence-electron chi connectivity index (χ1n) is 8.63. The highest BCUT2D eigenvalue weighted by Crippen LogP contribution is 2.27. The summed E-state index contributed by atoms with van der Waals surface area (Å²) >= 11 is 0. The number of hydrogen-bond acceptors (Lipinski definition) is 5. The Morgan fingerprint density at radius 3 is 2.20 bits per heavy atom. The van der Waals surface area contributed by atoms with Crippen molar-refractivity contribution >= 4 is 11.6 Å². The van der Waals surface area contributed by atoms with Crippen molar-refractivity contribution in [2.45, 2.75) is 13.5 Å². The number of rotatable bonds is 6. The van der Waals surface area contributed by atoms with E-state index >= 15 is 0 Å². The maximum Gasteiger partial charge on any atom is 0.316 e. The number of methoxy groups -OCH3 is 2. The van der Waals surface area contributed by atoms with Gasteiger partial charge in [0.25, 0.3) is 0 Å². The van der Waals surface area contributed by atoms with Crippen molar-refractivity contribution in [3.63, 3.8) is 0 Å². The molecular formula is C20H17F4N3O3. The Labute approximate surface area is 168 Å². The molecule has 0 aliphatic rings. The van der Waals surface area contributed by atoms with Gasteiger partial charge in [-0.3, -0.25) is 4.79 Å². The minimum Gasteiger partial charge on any atom is -0.494 e. The van der Waals surface area contributed by atoms with Crippen LogP contribution < -0.4 is 20.3 Å². The Morgan fingerprint density at radius 2 is 1.60 bits per heavy atom. The largest absolute Gasteiger partial charge is 0.494 e. The van der Waals surface area contributed by atoms with Crippen LogP contribution in [0.3, 0.4) is 0 Å². The van der Waals surface area contributed by atoms with Crippen molar-refractivity contribution in [2.75, 3.05) is 19.5 Å². The van der Waals surface area contributed by atoms with Crippen LogP contribution in [0.2, 0.25) is 0 Å². The van der Waals surface area contributed by atoms with Gasteiger partial charge in [-0.15, -0.1) is 0 Å². The second kappa shape index (κ2) is 8.44. The van der Waals surface area contributed by atoms with E-state index in [1.54, 1.807) is 6.92 Å². The second-order valence-electron chi connectivity index (χ2n) is 6.37. The van der Waals surface area contributed by atoms with Gasteiger partial charge in [-0.05, 0) is 36.2 Å². The van der Waals surface area contributed by atoms with Gasteiger partial charge in [0.1, 0.15) is 0 Å². The second-order valence-corrected chi connectivity index (χ2v) is 6.37. The van der Waals surface area contributed by atoms with Gasteiger partial charge in [0.05, 0.1) is 27.0 Å². The van der Waals surface area contributed by atoms with Gasteiger partial charge in [-0.25, -0.2) is 17.6 Å². The Balaban J connectivity index is 2.06. The van der Waals surface area contributed by atoms with Crippen LogP contribution in [0.4, 0.5) is 29.2 Å². The molecule has 30 heavy (non-hydrogen) atoms. The van der Waals surface area contributed by atoms with E-state index in [9.17, 15) is 22.4 Å². The van der Waals surface area contributed by atoms with Crippen LogP contribution in [-0.2, 0) is 6.54 Å². The Kier molecular flexibility index (Phi) is 5.95. The lowest BCUT2D eigenvalue weighted by Crippen LogP contribution is -2.19. The molecule has 6 nitrogen and oxygen atoms in total. The molecule has 0 bridgehead atoms. The number of ether oxygens (including phenoxy) is 2. The summed E-state index contributed by atoms with van der Waals surface area (Å²) in [6.45, 7) is 1.50. The lowest BCUT2D eigenvalue weighted by atomic mass is 10.2. The van der Waals surface area contributed by atoms with Crippen molar-refractivity contribution in [3.05, 3.63) is 75.2 Å². The molecule has 0 unspecified atom stereocenters. The van der Waals surface area contributed by atoms with Gasteiger partial charge in [0.15, 0.2) is 29.0 Å². The quantitative estimate of drug-likeness (QED) is 0.481. The highest BCUT2D eigenvalue weighted by atomic mass is 19.2. The monoisotopic (exact) mass is 423 g/mol. The molecule has 0 saturated heterocycles. The minimum absolute atomic E-state index is 0.0374. The topological polar surface area (TPSA) is 65.4 Å². The SMILES string of the molecule is COc1cc(C)c(Nc2nc(=O)c(OC)cn2Cc2cc(F)c(F)c(F)c2)cc1F. The summed E-state index contributed by atoms with van der Waals surface area (Å²) in [5, 5.41) is 2.83. The van der Waals surface area contributed by atoms with Crippen molar-refractivity contribution in [3.8, 4) is 11.5 Å². The van der Waals surface area contributed by atoms with E-state index in [-0.39, 0.29) is 35.2 Å². The summed E-state index contributed by atoms with van der Waals surface area (Å²) in [4.78, 5) is 16.0. The van der Waals surface area contributed by atoms with Crippen LogP contribution in [0.25, 0.3) is 0 Å². The predicted molar refractivity (Wildman–Crippen MR) is 101 cm³/mol. The lowest BCUT2D eigenvalue weighted by molar-refractivity contribution is 0.386. The van der Waals surface area contributed by atoms with Crippen LogP contribution in [0.15, 0.2) is 35.3 Å². The highest BCUT2D eigenvalue weighted by Gasteiger charge is 2.15. The molecule has 2 aromatic carbocycles. The van der Waals surface area contributed by atoms with Crippen molar-refractivity contribution in [2.24, 2.45) is 0 Å². The molecule has 1 aromatic heterocycles. The van der Waals surface area contributed by atoms with E-state index in [2.05, 4.69) is 10.3 Å². The number of benzene rings is 2. The van der Waals surface area contributed by atoms with Crippen LogP contribution in [0, 0.1) is 30.2 Å². The normalized spacial score (nSPS) is 10.8. The molecule has 1 N–H and O–H groups in total. The van der Waals surface area contributed by atoms with Gasteiger partial charge in [-0.1, -0.05) is 0 Å². The molecule has 0 aliphatic carbocycles. The first kappa shape index (κ1) is 21.2. The van der Waals surface area contributed by atoms with Crippen molar-refractivity contribution < 1.29 is 27.0 Å². The van der Waals surface area contributed by atoms with E-state index in [0.717, 1.165) is 18.2 Å². The van der Waals surface area contributed by atoms with E-state index < -0.39 is 28.8 Å². The zero-order valence-electron chi connectivity index (χ0n) is 16.2. The molecule has 0 amide bonds. The van der Waals surface area contributed by atoms with E-state index in [1.807, 2.05) is 0 Å². The molecule has 10 heteroatoms. The molecule has 0 fully saturated rings. The van der Waals surface area contributed by atoms with Crippen molar-refractivity contribution in [1.29, 1.82) is 0 Å². The number of halogens is 4. The standard InChI is InChI=1S/C20H17F4N3O3/c1-10-4-16(29-2)12(21)7-15(10)25-20-26-19(28)17(30-3)9-27(20)8-11-5-13(22)18(24)14(23)6-11/h4-7,9H,8H2,1-3H3,(H,25,26,28). The fourth-order valence-corrected chi connectivity index (χ4v) is 2.80.